The number of aromatic nitrogens is 1. The highest BCUT2D eigenvalue weighted by molar-refractivity contribution is 5.87. The minimum Gasteiger partial charge on any atom is -0.347 e. The standard InChI is InChI=1S/C20H21N/c1-14-13-20(2,15-9-5-4-6-10-15)19-18(14)16-11-7-8-12-17(16)21(19)3/h4-12,14H,13H2,1-3H3. The van der Waals surface area contributed by atoms with E-state index in [-0.39, 0.29) is 5.41 Å². The third kappa shape index (κ3) is 1.58. The average molecular weight is 275 g/mol. The predicted molar refractivity (Wildman–Crippen MR) is 88.8 cm³/mol. The van der Waals surface area contributed by atoms with Crippen LogP contribution in [0.15, 0.2) is 54.6 Å². The lowest BCUT2D eigenvalue weighted by molar-refractivity contribution is 0.504. The first-order valence-electron chi connectivity index (χ1n) is 7.76. The highest BCUT2D eigenvalue weighted by Gasteiger charge is 2.43. The summed E-state index contributed by atoms with van der Waals surface area (Å²) in [5.74, 6) is 0.608. The molecule has 4 rings (SSSR count). The van der Waals surface area contributed by atoms with Crippen LogP contribution in [-0.4, -0.2) is 4.57 Å². The summed E-state index contributed by atoms with van der Waals surface area (Å²) in [6.45, 7) is 4.78. The molecule has 1 aliphatic carbocycles. The van der Waals surface area contributed by atoms with Crippen molar-refractivity contribution in [2.45, 2.75) is 31.6 Å². The van der Waals surface area contributed by atoms with Crippen molar-refractivity contribution in [1.82, 2.24) is 4.57 Å². The van der Waals surface area contributed by atoms with Crippen molar-refractivity contribution < 1.29 is 0 Å². The van der Waals surface area contributed by atoms with Crippen molar-refractivity contribution in [3.05, 3.63) is 71.4 Å². The number of hydrogen-bond donors (Lipinski definition) is 0. The van der Waals surface area contributed by atoms with Crippen LogP contribution in [0.5, 0.6) is 0 Å². The van der Waals surface area contributed by atoms with Crippen molar-refractivity contribution in [2.75, 3.05) is 0 Å². The van der Waals surface area contributed by atoms with Crippen LogP contribution in [-0.2, 0) is 12.5 Å². The minimum atomic E-state index is 0.115. The fraction of sp³-hybridized carbons (Fsp3) is 0.300. The molecule has 0 N–H and O–H groups in total. The second kappa shape index (κ2) is 4.24. The first kappa shape index (κ1) is 12.7. The Labute approximate surface area is 126 Å². The van der Waals surface area contributed by atoms with Crippen LogP contribution < -0.4 is 0 Å². The second-order valence-corrected chi connectivity index (χ2v) is 6.64. The van der Waals surface area contributed by atoms with Crippen molar-refractivity contribution >= 4 is 10.9 Å². The number of nitrogens with zero attached hydrogens (tertiary/aromatic N) is 1. The quantitative estimate of drug-likeness (QED) is 0.589. The van der Waals surface area contributed by atoms with E-state index in [4.69, 9.17) is 0 Å². The van der Waals surface area contributed by atoms with E-state index in [1.54, 1.807) is 5.56 Å². The maximum atomic E-state index is 2.42. The Hall–Kier alpha value is -2.02. The lowest BCUT2D eigenvalue weighted by Gasteiger charge is -2.27. The first-order chi connectivity index (χ1) is 10.1. The molecule has 0 aliphatic heterocycles. The van der Waals surface area contributed by atoms with Gasteiger partial charge in [-0.25, -0.2) is 0 Å². The Balaban J connectivity index is 2.06. The van der Waals surface area contributed by atoms with Gasteiger partial charge in [0.15, 0.2) is 0 Å². The molecule has 0 saturated carbocycles. The van der Waals surface area contributed by atoms with Gasteiger partial charge in [0.2, 0.25) is 0 Å². The normalized spacial score (nSPS) is 24.4. The Morgan fingerprint density at radius 3 is 2.43 bits per heavy atom. The fourth-order valence-electron chi connectivity index (χ4n) is 4.46. The zero-order valence-electron chi connectivity index (χ0n) is 12.9. The van der Waals surface area contributed by atoms with E-state index in [0.29, 0.717) is 5.92 Å². The second-order valence-electron chi connectivity index (χ2n) is 6.64. The summed E-state index contributed by atoms with van der Waals surface area (Å²) in [6.07, 6.45) is 1.19. The van der Waals surface area contributed by atoms with Gasteiger partial charge in [-0.1, -0.05) is 55.5 Å². The van der Waals surface area contributed by atoms with Gasteiger partial charge in [0.05, 0.1) is 0 Å². The molecule has 0 amide bonds. The molecule has 21 heavy (non-hydrogen) atoms. The molecule has 2 atom stereocenters. The lowest BCUT2D eigenvalue weighted by atomic mass is 9.79. The van der Waals surface area contributed by atoms with Gasteiger partial charge in [-0.15, -0.1) is 0 Å². The molecule has 3 aromatic rings. The summed E-state index contributed by atoms with van der Waals surface area (Å²) < 4.78 is 2.42. The smallest absolute Gasteiger partial charge is 0.0483 e. The molecule has 1 heteroatoms. The molecule has 0 saturated heterocycles. The summed E-state index contributed by atoms with van der Waals surface area (Å²) in [5, 5.41) is 1.43. The molecule has 2 unspecified atom stereocenters. The molecule has 1 heterocycles. The summed E-state index contributed by atoms with van der Waals surface area (Å²) in [4.78, 5) is 0. The third-order valence-corrected chi connectivity index (χ3v) is 5.29. The number of rotatable bonds is 1. The molecule has 1 nitrogen and oxygen atoms in total. The van der Waals surface area contributed by atoms with Gasteiger partial charge in [0.25, 0.3) is 0 Å². The number of fused-ring (bicyclic) bond motifs is 3. The number of hydrogen-bond acceptors (Lipinski definition) is 0. The van der Waals surface area contributed by atoms with E-state index in [2.05, 4.69) is 80.1 Å². The summed E-state index contributed by atoms with van der Waals surface area (Å²) >= 11 is 0. The van der Waals surface area contributed by atoms with E-state index < -0.39 is 0 Å². The highest BCUT2D eigenvalue weighted by atomic mass is 15.0. The summed E-state index contributed by atoms with van der Waals surface area (Å²) in [7, 11) is 2.22. The molecule has 1 aromatic heterocycles. The SMILES string of the molecule is CC1CC(C)(c2ccccc2)c2c1c1ccccc1n2C. The fourth-order valence-corrected chi connectivity index (χ4v) is 4.46. The van der Waals surface area contributed by atoms with Crippen LogP contribution in [0, 0.1) is 0 Å². The number of benzene rings is 2. The van der Waals surface area contributed by atoms with Crippen LogP contribution in [0.25, 0.3) is 10.9 Å². The Bertz CT molecular complexity index is 812. The van der Waals surface area contributed by atoms with Gasteiger partial charge in [0, 0.05) is 29.1 Å². The minimum absolute atomic E-state index is 0.115. The Morgan fingerprint density at radius 2 is 1.67 bits per heavy atom. The average Bonchev–Trinajstić information content (AvgIpc) is 2.96. The number of aryl methyl sites for hydroxylation is 1. The molecular formula is C20H21N. The molecule has 1 aliphatic rings. The largest absolute Gasteiger partial charge is 0.347 e. The lowest BCUT2D eigenvalue weighted by Crippen LogP contribution is -2.23. The van der Waals surface area contributed by atoms with Crippen LogP contribution >= 0.6 is 0 Å². The van der Waals surface area contributed by atoms with Crippen molar-refractivity contribution in [2.24, 2.45) is 7.05 Å². The van der Waals surface area contributed by atoms with Crippen molar-refractivity contribution in [3.8, 4) is 0 Å². The first-order valence-corrected chi connectivity index (χ1v) is 7.76. The van der Waals surface area contributed by atoms with Crippen LogP contribution in [0.2, 0.25) is 0 Å². The molecule has 0 spiro atoms. The van der Waals surface area contributed by atoms with Crippen molar-refractivity contribution in [3.63, 3.8) is 0 Å². The van der Waals surface area contributed by atoms with Crippen LogP contribution in [0.1, 0.15) is 43.0 Å². The van der Waals surface area contributed by atoms with Gasteiger partial charge < -0.3 is 4.57 Å². The Kier molecular flexibility index (Phi) is 2.56. The molecule has 0 radical (unpaired) electrons. The third-order valence-electron chi connectivity index (χ3n) is 5.29. The zero-order chi connectivity index (χ0) is 14.6. The van der Waals surface area contributed by atoms with Gasteiger partial charge in [-0.2, -0.15) is 0 Å². The van der Waals surface area contributed by atoms with Gasteiger partial charge in [-0.3, -0.25) is 0 Å². The van der Waals surface area contributed by atoms with E-state index >= 15 is 0 Å². The van der Waals surface area contributed by atoms with E-state index in [0.717, 1.165) is 0 Å². The molecule has 2 aromatic carbocycles. The molecule has 106 valence electrons. The molecule has 0 bridgehead atoms. The topological polar surface area (TPSA) is 4.93 Å². The van der Waals surface area contributed by atoms with Crippen molar-refractivity contribution in [1.29, 1.82) is 0 Å². The maximum absolute atomic E-state index is 2.42. The van der Waals surface area contributed by atoms with Crippen LogP contribution in [0.4, 0.5) is 0 Å². The van der Waals surface area contributed by atoms with Gasteiger partial charge >= 0.3 is 0 Å². The number of para-hydroxylation sites is 1. The monoisotopic (exact) mass is 275 g/mol. The molecule has 0 fully saturated rings. The van der Waals surface area contributed by atoms with E-state index in [1.165, 1.54) is 28.6 Å². The maximum Gasteiger partial charge on any atom is 0.0483 e. The van der Waals surface area contributed by atoms with Gasteiger partial charge in [-0.05, 0) is 36.5 Å². The summed E-state index contributed by atoms with van der Waals surface area (Å²) in [6, 6.07) is 19.8. The zero-order valence-corrected chi connectivity index (χ0v) is 12.9. The Morgan fingerprint density at radius 1 is 1.00 bits per heavy atom. The molecular weight excluding hydrogens is 254 g/mol. The van der Waals surface area contributed by atoms with E-state index in [9.17, 15) is 0 Å². The van der Waals surface area contributed by atoms with E-state index in [1.807, 2.05) is 0 Å². The summed E-state index contributed by atoms with van der Waals surface area (Å²) in [5.41, 5.74) is 5.96. The predicted octanol–water partition coefficient (Wildman–Crippen LogP) is 4.99. The highest BCUT2D eigenvalue weighted by Crippen LogP contribution is 2.52. The van der Waals surface area contributed by atoms with Gasteiger partial charge in [0.1, 0.15) is 0 Å². The van der Waals surface area contributed by atoms with Crippen LogP contribution in [0.3, 0.4) is 0 Å².